The molecule has 0 fully saturated rings. The van der Waals surface area contributed by atoms with Crippen molar-refractivity contribution in [3.05, 3.63) is 63.7 Å². The van der Waals surface area contributed by atoms with Crippen LogP contribution in [-0.2, 0) is 0 Å². The summed E-state index contributed by atoms with van der Waals surface area (Å²) in [5.74, 6) is 0. The van der Waals surface area contributed by atoms with Crippen LogP contribution in [0.5, 0.6) is 0 Å². The van der Waals surface area contributed by atoms with Crippen LogP contribution < -0.4 is 24.2 Å². The van der Waals surface area contributed by atoms with Gasteiger partial charge in [-0.1, -0.05) is 47.0 Å². The summed E-state index contributed by atoms with van der Waals surface area (Å²) < 4.78 is 0. The first kappa shape index (κ1) is 18.2. The van der Waals surface area contributed by atoms with Crippen LogP contribution in [0.2, 0.25) is 0 Å². The zero-order valence-electron chi connectivity index (χ0n) is 13.7. The van der Waals surface area contributed by atoms with E-state index >= 15 is 0 Å². The molecule has 0 aliphatic heterocycles. The molecular formula is C18H20LiOP. The van der Waals surface area contributed by atoms with Crippen molar-refractivity contribution in [2.24, 2.45) is 0 Å². The Morgan fingerprint density at radius 3 is 1.81 bits per heavy atom. The van der Waals surface area contributed by atoms with Crippen molar-refractivity contribution >= 4 is 19.4 Å². The minimum atomic E-state index is 0. The minimum Gasteiger partial charge on any atom is -0.425 e. The van der Waals surface area contributed by atoms with Gasteiger partial charge in [-0.15, -0.1) is 0 Å². The molecule has 0 aliphatic rings. The smallest absolute Gasteiger partial charge is 0.425 e. The fourth-order valence-electron chi connectivity index (χ4n) is 2.66. The van der Waals surface area contributed by atoms with Crippen molar-refractivity contribution in [2.75, 3.05) is 0 Å². The summed E-state index contributed by atoms with van der Waals surface area (Å²) in [5, 5.41) is 1.14. The van der Waals surface area contributed by atoms with Gasteiger partial charge in [0.15, 0.2) is 0 Å². The third-order valence-electron chi connectivity index (χ3n) is 3.54. The molecule has 0 spiro atoms. The standard InChI is InChI=1S/C18H20OP.Li/c1-11-9-14(4)17(15(5)10-11)20-18(19)16-12(2)7-6-8-13(16)3;/h6-10H,1-5H3;/q-1;+1. The average Bonchev–Trinajstić information content (AvgIpc) is 2.33. The van der Waals surface area contributed by atoms with E-state index in [0.717, 1.165) is 30.6 Å². The van der Waals surface area contributed by atoms with E-state index in [4.69, 9.17) is 0 Å². The second-order valence-corrected chi connectivity index (χ2v) is 6.51. The summed E-state index contributed by atoms with van der Waals surface area (Å²) in [6.07, 6.45) is 0. The number of carbonyl (C=O) groups excluding carboxylic acids is 1. The van der Waals surface area contributed by atoms with Gasteiger partial charge in [-0.25, -0.2) is 0 Å². The van der Waals surface area contributed by atoms with Crippen LogP contribution in [-0.4, -0.2) is 5.52 Å². The average molecular weight is 290 g/mol. The Bertz CT molecular complexity index is 634. The van der Waals surface area contributed by atoms with E-state index in [0.29, 0.717) is 0 Å². The molecule has 0 N–H and O–H groups in total. The topological polar surface area (TPSA) is 17.1 Å². The van der Waals surface area contributed by atoms with Gasteiger partial charge in [0.2, 0.25) is 0 Å². The molecule has 21 heavy (non-hydrogen) atoms. The van der Waals surface area contributed by atoms with Gasteiger partial charge < -0.3 is 13.4 Å². The summed E-state index contributed by atoms with van der Waals surface area (Å²) in [6, 6.07) is 10.3. The van der Waals surface area contributed by atoms with Gasteiger partial charge in [0.05, 0.1) is 0 Å². The Balaban J connectivity index is 0.00000220. The molecule has 2 aromatic rings. The van der Waals surface area contributed by atoms with Gasteiger partial charge in [0.25, 0.3) is 0 Å². The summed E-state index contributed by atoms with van der Waals surface area (Å²) in [7, 11) is 0.776. The fourth-order valence-corrected chi connectivity index (χ4v) is 3.81. The normalized spacial score (nSPS) is 10.7. The second-order valence-electron chi connectivity index (χ2n) is 5.43. The van der Waals surface area contributed by atoms with Gasteiger partial charge in [-0.2, -0.15) is 5.30 Å². The van der Waals surface area contributed by atoms with Crippen LogP contribution in [0.15, 0.2) is 30.3 Å². The Hall–Kier alpha value is -0.863. The predicted molar refractivity (Wildman–Crippen MR) is 87.5 cm³/mol. The van der Waals surface area contributed by atoms with E-state index < -0.39 is 0 Å². The first-order valence-corrected chi connectivity index (χ1v) is 7.69. The van der Waals surface area contributed by atoms with Crippen LogP contribution in [0, 0.1) is 34.6 Å². The van der Waals surface area contributed by atoms with E-state index in [2.05, 4.69) is 32.9 Å². The van der Waals surface area contributed by atoms with Crippen LogP contribution in [0.3, 0.4) is 0 Å². The van der Waals surface area contributed by atoms with E-state index in [1.807, 2.05) is 32.0 Å². The van der Waals surface area contributed by atoms with Gasteiger partial charge in [-0.05, 0) is 51.3 Å². The molecule has 0 saturated carbocycles. The Morgan fingerprint density at radius 2 is 1.33 bits per heavy atom. The number of aryl methyl sites for hydroxylation is 5. The van der Waals surface area contributed by atoms with Gasteiger partial charge in [0, 0.05) is 5.52 Å². The summed E-state index contributed by atoms with van der Waals surface area (Å²) in [4.78, 5) is 12.6. The first-order valence-electron chi connectivity index (χ1n) is 6.80. The van der Waals surface area contributed by atoms with Gasteiger partial charge >= 0.3 is 18.9 Å². The van der Waals surface area contributed by atoms with Crippen molar-refractivity contribution in [3.8, 4) is 0 Å². The maximum atomic E-state index is 12.6. The molecule has 0 unspecified atom stereocenters. The first-order chi connectivity index (χ1) is 9.40. The summed E-state index contributed by atoms with van der Waals surface area (Å²) in [5.41, 5.74) is 6.82. The van der Waals surface area contributed by atoms with Crippen LogP contribution >= 0.6 is 8.58 Å². The molecule has 0 amide bonds. The Labute approximate surface area is 141 Å². The van der Waals surface area contributed by atoms with E-state index in [9.17, 15) is 4.79 Å². The summed E-state index contributed by atoms with van der Waals surface area (Å²) in [6.45, 7) is 10.3. The number of hydrogen-bond acceptors (Lipinski definition) is 1. The van der Waals surface area contributed by atoms with Crippen LogP contribution in [0.1, 0.15) is 38.2 Å². The molecule has 0 radical (unpaired) electrons. The molecule has 0 bridgehead atoms. The molecule has 0 atom stereocenters. The number of carbonyl (C=O) groups is 1. The SMILES string of the molecule is Cc1cc(C)c([P-]C(=O)c2c(C)cccc2C)c(C)c1.[Li+]. The zero-order chi connectivity index (χ0) is 14.9. The largest absolute Gasteiger partial charge is 1.00 e. The van der Waals surface area contributed by atoms with E-state index in [1.54, 1.807) is 0 Å². The van der Waals surface area contributed by atoms with Crippen LogP contribution in [0.25, 0.3) is 0 Å². The van der Waals surface area contributed by atoms with E-state index in [1.165, 1.54) is 16.7 Å². The number of benzene rings is 2. The molecule has 0 aliphatic carbocycles. The third kappa shape index (κ3) is 4.08. The molecule has 1 nitrogen and oxygen atoms in total. The molecular weight excluding hydrogens is 270 g/mol. The van der Waals surface area contributed by atoms with Crippen molar-refractivity contribution in [1.29, 1.82) is 0 Å². The van der Waals surface area contributed by atoms with Crippen molar-refractivity contribution < 1.29 is 23.7 Å². The van der Waals surface area contributed by atoms with Gasteiger partial charge in [-0.3, -0.25) is 0 Å². The Morgan fingerprint density at radius 1 is 0.857 bits per heavy atom. The quantitative estimate of drug-likeness (QED) is 0.620. The second kappa shape index (κ2) is 7.42. The molecule has 2 rings (SSSR count). The molecule has 0 aromatic heterocycles. The molecule has 0 heterocycles. The fraction of sp³-hybridized carbons (Fsp3) is 0.278. The third-order valence-corrected chi connectivity index (χ3v) is 4.90. The van der Waals surface area contributed by atoms with Crippen molar-refractivity contribution in [2.45, 2.75) is 34.6 Å². The number of rotatable bonds is 3. The van der Waals surface area contributed by atoms with Crippen LogP contribution in [0.4, 0.5) is 0 Å². The molecule has 3 heteroatoms. The Kier molecular flexibility index (Phi) is 6.42. The predicted octanol–water partition coefficient (Wildman–Crippen LogP) is 1.64. The summed E-state index contributed by atoms with van der Waals surface area (Å²) >= 11 is 0. The monoisotopic (exact) mass is 290 g/mol. The van der Waals surface area contributed by atoms with Crippen molar-refractivity contribution in [1.82, 2.24) is 0 Å². The molecule has 0 saturated heterocycles. The van der Waals surface area contributed by atoms with E-state index in [-0.39, 0.29) is 24.4 Å². The molecule has 104 valence electrons. The van der Waals surface area contributed by atoms with Gasteiger partial charge in [0.1, 0.15) is 0 Å². The minimum absolute atomic E-state index is 0. The maximum absolute atomic E-state index is 12.6. The number of hydrogen-bond donors (Lipinski definition) is 0. The zero-order valence-corrected chi connectivity index (χ0v) is 14.6. The van der Waals surface area contributed by atoms with Crippen molar-refractivity contribution in [3.63, 3.8) is 0 Å². The molecule has 2 aromatic carbocycles. The maximum Gasteiger partial charge on any atom is 1.00 e.